The highest BCUT2D eigenvalue weighted by Crippen LogP contribution is 1.60. The zero-order chi connectivity index (χ0) is 6.41. The molecule has 0 amide bonds. The van der Waals surface area contributed by atoms with Crippen LogP contribution in [-0.4, -0.2) is 31.5 Å². The van der Waals surface area contributed by atoms with Crippen molar-refractivity contribution in [1.82, 2.24) is 5.32 Å². The fraction of sp³-hybridized carbons (Fsp3) is 0.750. The van der Waals surface area contributed by atoms with Crippen LogP contribution in [0.25, 0.3) is 0 Å². The first-order valence-electron chi connectivity index (χ1n) is 2.19. The van der Waals surface area contributed by atoms with Crippen molar-refractivity contribution in [3.63, 3.8) is 0 Å². The van der Waals surface area contributed by atoms with Gasteiger partial charge in [0, 0.05) is 7.11 Å². The topological polar surface area (TPSA) is 58.6 Å². The quantitative estimate of drug-likeness (QED) is 0.378. The second kappa shape index (κ2) is 4.55. The number of carboxylic acid groups (broad SMARTS) is 1. The highest BCUT2D eigenvalue weighted by Gasteiger charge is 1.90. The first-order chi connectivity index (χ1) is 3.77. The Hall–Kier alpha value is -0.610. The Bertz CT molecular complexity index is 73.7. The van der Waals surface area contributed by atoms with Gasteiger partial charge >= 0.3 is 5.97 Å². The van der Waals surface area contributed by atoms with Crippen LogP contribution in [0.15, 0.2) is 0 Å². The van der Waals surface area contributed by atoms with Crippen LogP contribution in [-0.2, 0) is 9.53 Å². The van der Waals surface area contributed by atoms with E-state index in [1.165, 1.54) is 7.11 Å². The summed E-state index contributed by atoms with van der Waals surface area (Å²) in [5, 5.41) is 10.5. The highest BCUT2D eigenvalue weighted by atomic mass is 16.5. The lowest BCUT2D eigenvalue weighted by Crippen LogP contribution is -2.24. The third-order valence-electron chi connectivity index (χ3n) is 0.523. The molecule has 4 heteroatoms. The molecule has 0 aromatic heterocycles. The molecule has 0 aliphatic rings. The molecule has 0 aromatic carbocycles. The molecular weight excluding hydrogens is 110 g/mol. The first kappa shape index (κ1) is 7.39. The van der Waals surface area contributed by atoms with E-state index in [4.69, 9.17) is 5.11 Å². The molecule has 0 spiro atoms. The predicted octanol–water partition coefficient (Wildman–Crippen LogP) is -0.736. The largest absolute Gasteiger partial charge is 0.480 e. The third-order valence-corrected chi connectivity index (χ3v) is 0.523. The van der Waals surface area contributed by atoms with Gasteiger partial charge in [0.05, 0.1) is 13.3 Å². The van der Waals surface area contributed by atoms with Crippen LogP contribution in [0, 0.1) is 0 Å². The summed E-state index contributed by atoms with van der Waals surface area (Å²) in [4.78, 5) is 9.76. The van der Waals surface area contributed by atoms with E-state index >= 15 is 0 Å². The maximum atomic E-state index is 9.76. The Labute approximate surface area is 47.5 Å². The molecule has 0 unspecified atom stereocenters. The van der Waals surface area contributed by atoms with Gasteiger partial charge in [-0.05, 0) is 0 Å². The number of hydrogen-bond donors (Lipinski definition) is 2. The Morgan fingerprint density at radius 1 is 1.88 bits per heavy atom. The van der Waals surface area contributed by atoms with Crippen LogP contribution in [0.3, 0.4) is 0 Å². The van der Waals surface area contributed by atoms with Crippen LogP contribution < -0.4 is 5.32 Å². The van der Waals surface area contributed by atoms with Gasteiger partial charge in [0.1, 0.15) is 0 Å². The van der Waals surface area contributed by atoms with E-state index in [2.05, 4.69) is 10.1 Å². The number of methoxy groups -OCH3 is 1. The second-order valence-corrected chi connectivity index (χ2v) is 1.25. The summed E-state index contributed by atoms with van der Waals surface area (Å²) in [6, 6.07) is 0. The Balaban J connectivity index is 2.82. The smallest absolute Gasteiger partial charge is 0.317 e. The van der Waals surface area contributed by atoms with Gasteiger partial charge in [-0.1, -0.05) is 0 Å². The summed E-state index contributed by atoms with van der Waals surface area (Å²) < 4.78 is 4.52. The van der Waals surface area contributed by atoms with Gasteiger partial charge in [0.25, 0.3) is 0 Å². The first-order valence-corrected chi connectivity index (χ1v) is 2.19. The van der Waals surface area contributed by atoms with Gasteiger partial charge in [-0.3, -0.25) is 10.1 Å². The van der Waals surface area contributed by atoms with Gasteiger partial charge < -0.3 is 9.84 Å². The molecule has 0 bridgehead atoms. The fourth-order valence-corrected chi connectivity index (χ4v) is 0.260. The second-order valence-electron chi connectivity index (χ2n) is 1.25. The SMILES string of the molecule is COCNCC(=O)O. The van der Waals surface area contributed by atoms with Crippen molar-refractivity contribution in [2.24, 2.45) is 0 Å². The highest BCUT2D eigenvalue weighted by molar-refractivity contribution is 5.68. The summed E-state index contributed by atoms with van der Waals surface area (Å²) in [6.07, 6.45) is 0. The molecule has 4 nitrogen and oxygen atoms in total. The van der Waals surface area contributed by atoms with Crippen LogP contribution in [0.4, 0.5) is 0 Å². The van der Waals surface area contributed by atoms with Crippen LogP contribution in [0.1, 0.15) is 0 Å². The number of ether oxygens (including phenoxy) is 1. The average molecular weight is 119 g/mol. The van der Waals surface area contributed by atoms with Crippen LogP contribution in [0.5, 0.6) is 0 Å². The number of carbonyl (C=O) groups is 1. The number of rotatable bonds is 4. The van der Waals surface area contributed by atoms with E-state index in [1.807, 2.05) is 0 Å². The fourth-order valence-electron chi connectivity index (χ4n) is 0.260. The van der Waals surface area contributed by atoms with E-state index in [-0.39, 0.29) is 13.3 Å². The lowest BCUT2D eigenvalue weighted by atomic mass is 10.7. The predicted molar refractivity (Wildman–Crippen MR) is 27.5 cm³/mol. The van der Waals surface area contributed by atoms with Crippen molar-refractivity contribution in [1.29, 1.82) is 0 Å². The summed E-state index contributed by atoms with van der Waals surface area (Å²) >= 11 is 0. The van der Waals surface area contributed by atoms with Crippen molar-refractivity contribution in [2.75, 3.05) is 20.4 Å². The molecule has 0 aliphatic heterocycles. The molecule has 0 heterocycles. The van der Waals surface area contributed by atoms with E-state index in [9.17, 15) is 4.79 Å². The van der Waals surface area contributed by atoms with Crippen molar-refractivity contribution in [2.45, 2.75) is 0 Å². The van der Waals surface area contributed by atoms with E-state index in [1.54, 1.807) is 0 Å². The molecule has 8 heavy (non-hydrogen) atoms. The minimum absolute atomic E-state index is 0.0478. The van der Waals surface area contributed by atoms with Crippen molar-refractivity contribution in [3.8, 4) is 0 Å². The maximum absolute atomic E-state index is 9.76. The Morgan fingerprint density at radius 2 is 2.50 bits per heavy atom. The molecule has 0 atom stereocenters. The maximum Gasteiger partial charge on any atom is 0.317 e. The molecule has 0 aromatic rings. The van der Waals surface area contributed by atoms with Gasteiger partial charge in [0.15, 0.2) is 0 Å². The summed E-state index contributed by atoms with van der Waals surface area (Å²) in [7, 11) is 1.49. The lowest BCUT2D eigenvalue weighted by molar-refractivity contribution is -0.136. The zero-order valence-corrected chi connectivity index (χ0v) is 4.68. The van der Waals surface area contributed by atoms with E-state index in [0.717, 1.165) is 0 Å². The van der Waals surface area contributed by atoms with Crippen LogP contribution >= 0.6 is 0 Å². The Kier molecular flexibility index (Phi) is 4.20. The van der Waals surface area contributed by atoms with Crippen LogP contribution in [0.2, 0.25) is 0 Å². The molecule has 0 radical (unpaired) electrons. The third kappa shape index (κ3) is 5.39. The minimum atomic E-state index is -0.873. The van der Waals surface area contributed by atoms with Gasteiger partial charge in [-0.2, -0.15) is 0 Å². The minimum Gasteiger partial charge on any atom is -0.480 e. The molecule has 2 N–H and O–H groups in total. The summed E-state index contributed by atoms with van der Waals surface area (Å²) in [5.74, 6) is -0.873. The summed E-state index contributed by atoms with van der Waals surface area (Å²) in [5.41, 5.74) is 0. The lowest BCUT2D eigenvalue weighted by Gasteiger charge is -1.95. The number of carboxylic acids is 1. The molecular formula is C4H9NO3. The Morgan fingerprint density at radius 3 is 2.88 bits per heavy atom. The zero-order valence-electron chi connectivity index (χ0n) is 4.68. The molecule has 0 fully saturated rings. The monoisotopic (exact) mass is 119 g/mol. The molecule has 0 saturated heterocycles. The number of nitrogens with one attached hydrogen (secondary N) is 1. The van der Waals surface area contributed by atoms with Gasteiger partial charge in [-0.25, -0.2) is 0 Å². The normalized spacial score (nSPS) is 9.12. The van der Waals surface area contributed by atoms with Crippen molar-refractivity contribution < 1.29 is 14.6 Å². The van der Waals surface area contributed by atoms with Gasteiger partial charge in [-0.15, -0.1) is 0 Å². The van der Waals surface area contributed by atoms with Crippen molar-refractivity contribution >= 4 is 5.97 Å². The number of hydrogen-bond acceptors (Lipinski definition) is 3. The van der Waals surface area contributed by atoms with Gasteiger partial charge in [0.2, 0.25) is 0 Å². The molecule has 0 saturated carbocycles. The number of aliphatic carboxylic acids is 1. The summed E-state index contributed by atoms with van der Waals surface area (Å²) in [6.45, 7) is 0.236. The average Bonchev–Trinajstić information content (AvgIpc) is 1.66. The molecule has 0 aliphatic carbocycles. The standard InChI is InChI=1S/C4H9NO3/c1-8-3-5-2-4(6)7/h5H,2-3H2,1H3,(H,6,7). The molecule has 0 rings (SSSR count). The van der Waals surface area contributed by atoms with E-state index in [0.29, 0.717) is 0 Å². The van der Waals surface area contributed by atoms with E-state index < -0.39 is 5.97 Å². The molecule has 48 valence electrons. The van der Waals surface area contributed by atoms with Crippen molar-refractivity contribution in [3.05, 3.63) is 0 Å².